The van der Waals surface area contributed by atoms with Crippen LogP contribution in [-0.2, 0) is 16.1 Å². The van der Waals surface area contributed by atoms with Crippen LogP contribution >= 0.6 is 39.3 Å². The van der Waals surface area contributed by atoms with E-state index in [0.29, 0.717) is 55.5 Å². The number of amidine groups is 1. The van der Waals surface area contributed by atoms with Crippen molar-refractivity contribution in [3.05, 3.63) is 91.8 Å². The first-order chi connectivity index (χ1) is 18.3. The molecule has 1 aliphatic rings. The molecule has 10 heteroatoms. The zero-order valence-electron chi connectivity index (χ0n) is 20.9. The highest BCUT2D eigenvalue weighted by Gasteiger charge is 2.32. The van der Waals surface area contributed by atoms with Crippen LogP contribution < -0.4 is 9.47 Å². The summed E-state index contributed by atoms with van der Waals surface area (Å²) >= 11 is 10.8. The minimum Gasteiger partial charge on any atom is -0.493 e. The fourth-order valence-corrected chi connectivity index (χ4v) is 5.41. The highest BCUT2D eigenvalue weighted by molar-refractivity contribution is 9.10. The van der Waals surface area contributed by atoms with Gasteiger partial charge in [-0.15, -0.1) is 0 Å². The van der Waals surface area contributed by atoms with Gasteiger partial charge in [0.1, 0.15) is 6.61 Å². The molecule has 0 bridgehead atoms. The summed E-state index contributed by atoms with van der Waals surface area (Å²) in [4.78, 5) is 31.8. The number of carbonyl (C=O) groups is 2. The van der Waals surface area contributed by atoms with E-state index in [0.717, 1.165) is 11.1 Å². The molecule has 1 fully saturated rings. The third-order valence-corrected chi connectivity index (χ3v) is 7.39. The van der Waals surface area contributed by atoms with Gasteiger partial charge in [-0.05, 0) is 94.3 Å². The van der Waals surface area contributed by atoms with Crippen LogP contribution in [0.25, 0.3) is 6.08 Å². The molecule has 0 spiro atoms. The molecule has 38 heavy (non-hydrogen) atoms. The molecular weight excluding hydrogens is 592 g/mol. The number of ether oxygens (including phenoxy) is 3. The number of carbonyl (C=O) groups excluding carboxylic acids is 2. The Morgan fingerprint density at radius 2 is 1.89 bits per heavy atom. The average Bonchev–Trinajstić information content (AvgIpc) is 3.21. The van der Waals surface area contributed by atoms with Crippen LogP contribution in [-0.4, -0.2) is 42.7 Å². The number of nitrogens with zero attached hydrogens (tertiary/aromatic N) is 2. The maximum atomic E-state index is 13.2. The van der Waals surface area contributed by atoms with Crippen LogP contribution in [0.1, 0.15) is 28.4 Å². The molecule has 4 rings (SSSR count). The first-order valence-electron chi connectivity index (χ1n) is 11.6. The van der Waals surface area contributed by atoms with Crippen molar-refractivity contribution in [3.8, 4) is 11.5 Å². The summed E-state index contributed by atoms with van der Waals surface area (Å²) < 4.78 is 17.1. The van der Waals surface area contributed by atoms with E-state index in [2.05, 4.69) is 20.9 Å². The zero-order valence-corrected chi connectivity index (χ0v) is 24.0. The van der Waals surface area contributed by atoms with Crippen LogP contribution in [0.5, 0.6) is 11.5 Å². The molecule has 0 N–H and O–H groups in total. The Balaban J connectivity index is 1.59. The fraction of sp³-hybridized carbons (Fsp3) is 0.179. The molecule has 196 valence electrons. The summed E-state index contributed by atoms with van der Waals surface area (Å²) in [5.74, 6) is 0.475. The van der Waals surface area contributed by atoms with Crippen molar-refractivity contribution in [2.24, 2.45) is 4.99 Å². The van der Waals surface area contributed by atoms with Gasteiger partial charge < -0.3 is 14.2 Å². The lowest BCUT2D eigenvalue weighted by atomic mass is 10.1. The number of benzene rings is 3. The summed E-state index contributed by atoms with van der Waals surface area (Å²) in [5.41, 5.74) is 2.66. The minimum absolute atomic E-state index is 0.154. The van der Waals surface area contributed by atoms with Crippen molar-refractivity contribution >= 4 is 68.1 Å². The maximum Gasteiger partial charge on any atom is 0.337 e. The predicted molar refractivity (Wildman–Crippen MR) is 154 cm³/mol. The van der Waals surface area contributed by atoms with E-state index in [1.54, 1.807) is 42.4 Å². The van der Waals surface area contributed by atoms with Crippen LogP contribution in [0.2, 0.25) is 5.02 Å². The van der Waals surface area contributed by atoms with Gasteiger partial charge in [-0.25, -0.2) is 9.79 Å². The normalized spacial score (nSPS) is 15.3. The number of rotatable bonds is 8. The van der Waals surface area contributed by atoms with Crippen molar-refractivity contribution in [1.29, 1.82) is 0 Å². The number of halogens is 2. The van der Waals surface area contributed by atoms with Crippen molar-refractivity contribution in [1.82, 2.24) is 4.90 Å². The second kappa shape index (κ2) is 12.5. The molecule has 7 nitrogen and oxygen atoms in total. The molecule has 0 aromatic heterocycles. The summed E-state index contributed by atoms with van der Waals surface area (Å²) in [7, 11) is 2.89. The largest absolute Gasteiger partial charge is 0.493 e. The van der Waals surface area contributed by atoms with Gasteiger partial charge in [-0.3, -0.25) is 9.69 Å². The van der Waals surface area contributed by atoms with Crippen molar-refractivity contribution in [3.63, 3.8) is 0 Å². The summed E-state index contributed by atoms with van der Waals surface area (Å²) in [6, 6.07) is 17.9. The van der Waals surface area contributed by atoms with Crippen LogP contribution in [0.3, 0.4) is 0 Å². The maximum absolute atomic E-state index is 13.2. The number of aliphatic imine (C=N–C) groups is 1. The number of thioether (sulfide) groups is 1. The van der Waals surface area contributed by atoms with Gasteiger partial charge in [0.25, 0.3) is 5.91 Å². The quantitative estimate of drug-likeness (QED) is 0.199. The van der Waals surface area contributed by atoms with Gasteiger partial charge in [-0.2, -0.15) is 0 Å². The summed E-state index contributed by atoms with van der Waals surface area (Å²) in [5, 5.41) is 1.19. The first kappa shape index (κ1) is 27.8. The van der Waals surface area contributed by atoms with Crippen molar-refractivity contribution < 1.29 is 23.8 Å². The van der Waals surface area contributed by atoms with Crippen LogP contribution in [0.15, 0.2) is 75.0 Å². The number of methoxy groups -OCH3 is 2. The SMILES string of the molecule is CCN1C(=O)C(=Cc2cc(Br)c(OCc3ccc(Cl)cc3)c(OC)c2)SC1=Nc1cccc(C(=O)OC)c1. The fourth-order valence-electron chi connectivity index (χ4n) is 3.65. The van der Waals surface area contributed by atoms with Gasteiger partial charge >= 0.3 is 5.97 Å². The molecule has 0 aliphatic carbocycles. The van der Waals surface area contributed by atoms with Crippen molar-refractivity contribution in [2.75, 3.05) is 20.8 Å². The summed E-state index contributed by atoms with van der Waals surface area (Å²) in [6.45, 7) is 2.67. The van der Waals surface area contributed by atoms with Gasteiger partial charge in [0.05, 0.1) is 34.8 Å². The Morgan fingerprint density at radius 1 is 1.13 bits per heavy atom. The first-order valence-corrected chi connectivity index (χ1v) is 13.5. The third kappa shape index (κ3) is 6.40. The van der Waals surface area contributed by atoms with Crippen LogP contribution in [0.4, 0.5) is 5.69 Å². The van der Waals surface area contributed by atoms with E-state index in [-0.39, 0.29) is 5.91 Å². The Bertz CT molecular complexity index is 1430. The topological polar surface area (TPSA) is 77.4 Å². The Labute approximate surface area is 238 Å². The number of likely N-dealkylation sites (N-methyl/N-ethyl adjacent to an activating group) is 1. The highest BCUT2D eigenvalue weighted by Crippen LogP contribution is 2.40. The third-order valence-electron chi connectivity index (χ3n) is 5.54. The van der Waals surface area contributed by atoms with E-state index in [9.17, 15) is 9.59 Å². The van der Waals surface area contributed by atoms with Gasteiger partial charge in [0, 0.05) is 11.6 Å². The highest BCUT2D eigenvalue weighted by atomic mass is 79.9. The molecule has 1 amide bonds. The number of amides is 1. The number of esters is 1. The van der Waals surface area contributed by atoms with Crippen LogP contribution in [0, 0.1) is 0 Å². The summed E-state index contributed by atoms with van der Waals surface area (Å²) in [6.07, 6.45) is 1.79. The van der Waals surface area contributed by atoms with Gasteiger partial charge in [0.15, 0.2) is 16.7 Å². The Kier molecular flexibility index (Phi) is 9.14. The smallest absolute Gasteiger partial charge is 0.337 e. The predicted octanol–water partition coefficient (Wildman–Crippen LogP) is 7.10. The molecule has 1 aliphatic heterocycles. The standard InChI is InChI=1S/C28H24BrClN2O5S/c1-4-32-26(33)24(38-28(32)31-21-7-5-6-19(15-21)27(34)36-3)14-18-12-22(29)25(23(13-18)35-2)37-16-17-8-10-20(30)11-9-17/h5-15H,4,16H2,1-3H3. The monoisotopic (exact) mass is 614 g/mol. The molecule has 1 saturated heterocycles. The molecule has 3 aromatic rings. The molecule has 0 saturated carbocycles. The van der Waals surface area contributed by atoms with E-state index in [1.165, 1.54) is 18.9 Å². The molecular formula is C28H24BrClN2O5S. The van der Waals surface area contributed by atoms with E-state index < -0.39 is 5.97 Å². The average molecular weight is 616 g/mol. The molecule has 1 heterocycles. The van der Waals surface area contributed by atoms with Crippen molar-refractivity contribution in [2.45, 2.75) is 13.5 Å². The lowest BCUT2D eigenvalue weighted by molar-refractivity contribution is -0.122. The lowest BCUT2D eigenvalue weighted by Crippen LogP contribution is -2.28. The molecule has 0 unspecified atom stereocenters. The molecule has 0 atom stereocenters. The van der Waals surface area contributed by atoms with E-state index >= 15 is 0 Å². The zero-order chi connectivity index (χ0) is 27.2. The Hall–Kier alpha value is -3.27. The second-order valence-corrected chi connectivity index (χ2v) is 10.3. The van der Waals surface area contributed by atoms with Gasteiger partial charge in [0.2, 0.25) is 0 Å². The number of hydrogen-bond donors (Lipinski definition) is 0. The Morgan fingerprint density at radius 3 is 2.58 bits per heavy atom. The lowest BCUT2D eigenvalue weighted by Gasteiger charge is -2.14. The minimum atomic E-state index is -0.449. The second-order valence-electron chi connectivity index (χ2n) is 8.05. The molecule has 0 radical (unpaired) electrons. The van der Waals surface area contributed by atoms with E-state index in [1.807, 2.05) is 43.3 Å². The van der Waals surface area contributed by atoms with E-state index in [4.69, 9.17) is 25.8 Å². The van der Waals surface area contributed by atoms with Gasteiger partial charge in [-0.1, -0.05) is 29.8 Å². The molecule has 3 aromatic carbocycles. The number of hydrogen-bond acceptors (Lipinski definition) is 7.